The Hall–Kier alpha value is -2.04. The molecular weight excluding hydrogens is 290 g/mol. The van der Waals surface area contributed by atoms with Gasteiger partial charge in [-0.3, -0.25) is 0 Å². The first-order chi connectivity index (χ1) is 10.2. The van der Waals surface area contributed by atoms with Gasteiger partial charge in [0.25, 0.3) is 0 Å². The first-order valence-electron chi connectivity index (χ1n) is 6.52. The molecule has 2 aromatic carbocycles. The van der Waals surface area contributed by atoms with Crippen molar-refractivity contribution in [1.82, 2.24) is 5.32 Å². The van der Waals surface area contributed by atoms with E-state index >= 15 is 0 Å². The molecule has 21 heavy (non-hydrogen) atoms. The number of halogens is 1. The number of rotatable bonds is 5. The second-order valence-electron chi connectivity index (χ2n) is 4.50. The first-order valence-corrected chi connectivity index (χ1v) is 6.90. The number of aliphatic hydroxyl groups excluding tert-OH is 1. The van der Waals surface area contributed by atoms with Crippen molar-refractivity contribution in [3.8, 4) is 0 Å². The lowest BCUT2D eigenvalue weighted by atomic mass is 10.1. The van der Waals surface area contributed by atoms with Crippen molar-refractivity contribution in [2.75, 3.05) is 6.61 Å². The smallest absolute Gasteiger partial charge is 0.408 e. The van der Waals surface area contributed by atoms with Crippen molar-refractivity contribution >= 4 is 17.7 Å². The molecule has 1 amide bonds. The summed E-state index contributed by atoms with van der Waals surface area (Å²) in [6, 6.07) is 15.8. The van der Waals surface area contributed by atoms with E-state index in [9.17, 15) is 9.90 Å². The number of nitrogens with one attached hydrogen (secondary N) is 1. The maximum atomic E-state index is 11.8. The molecule has 0 saturated heterocycles. The van der Waals surface area contributed by atoms with Gasteiger partial charge in [-0.25, -0.2) is 4.79 Å². The van der Waals surface area contributed by atoms with Gasteiger partial charge in [0.2, 0.25) is 0 Å². The highest BCUT2D eigenvalue weighted by Gasteiger charge is 2.14. The zero-order chi connectivity index (χ0) is 15.1. The molecule has 5 heteroatoms. The summed E-state index contributed by atoms with van der Waals surface area (Å²) in [4.78, 5) is 11.8. The van der Waals surface area contributed by atoms with Crippen LogP contribution in [-0.2, 0) is 11.3 Å². The molecule has 1 atom stereocenters. The number of carbonyl (C=O) groups is 1. The van der Waals surface area contributed by atoms with E-state index in [2.05, 4.69) is 5.32 Å². The number of hydrogen-bond donors (Lipinski definition) is 2. The topological polar surface area (TPSA) is 58.6 Å². The van der Waals surface area contributed by atoms with Crippen molar-refractivity contribution in [3.05, 3.63) is 70.7 Å². The summed E-state index contributed by atoms with van der Waals surface area (Å²) in [5.41, 5.74) is 1.62. The maximum Gasteiger partial charge on any atom is 0.408 e. The summed E-state index contributed by atoms with van der Waals surface area (Å²) in [6.07, 6.45) is -0.585. The molecule has 2 aromatic rings. The van der Waals surface area contributed by atoms with Crippen molar-refractivity contribution in [2.24, 2.45) is 0 Å². The Bertz CT molecular complexity index is 589. The van der Waals surface area contributed by atoms with Gasteiger partial charge in [-0.1, -0.05) is 54.1 Å². The number of amides is 1. The van der Waals surface area contributed by atoms with Crippen molar-refractivity contribution < 1.29 is 14.6 Å². The number of aliphatic hydroxyl groups is 1. The SMILES string of the molecule is O=C(N[C@@H](CO)c1cccc(Cl)c1)OCc1ccccc1. The minimum absolute atomic E-state index is 0.181. The standard InChI is InChI=1S/C16H16ClNO3/c17-14-8-4-7-13(9-14)15(10-19)18-16(20)21-11-12-5-2-1-3-6-12/h1-9,15,19H,10-11H2,(H,18,20)/t15-/m0/s1. The molecule has 0 aliphatic carbocycles. The second-order valence-corrected chi connectivity index (χ2v) is 4.93. The molecule has 2 rings (SSSR count). The van der Waals surface area contributed by atoms with Gasteiger partial charge in [-0.15, -0.1) is 0 Å². The van der Waals surface area contributed by atoms with Crippen LogP contribution in [0.2, 0.25) is 5.02 Å². The summed E-state index contributed by atoms with van der Waals surface area (Å²) in [5, 5.41) is 12.5. The van der Waals surface area contributed by atoms with Crippen molar-refractivity contribution in [1.29, 1.82) is 0 Å². The molecule has 0 fully saturated rings. The Balaban J connectivity index is 1.91. The summed E-state index contributed by atoms with van der Waals surface area (Å²) in [5.74, 6) is 0. The molecule has 4 nitrogen and oxygen atoms in total. The van der Waals surface area contributed by atoms with Gasteiger partial charge in [0.05, 0.1) is 12.6 Å². The van der Waals surface area contributed by atoms with E-state index in [1.54, 1.807) is 24.3 Å². The van der Waals surface area contributed by atoms with Crippen LogP contribution in [0.4, 0.5) is 4.79 Å². The summed E-state index contributed by atoms with van der Waals surface area (Å²) in [6.45, 7) is -0.0544. The lowest BCUT2D eigenvalue weighted by Crippen LogP contribution is -2.31. The molecule has 0 spiro atoms. The van der Waals surface area contributed by atoms with Gasteiger partial charge in [0.15, 0.2) is 0 Å². The van der Waals surface area contributed by atoms with E-state index in [-0.39, 0.29) is 13.2 Å². The molecule has 0 bridgehead atoms. The maximum absolute atomic E-state index is 11.8. The lowest BCUT2D eigenvalue weighted by molar-refractivity contribution is 0.129. The van der Waals surface area contributed by atoms with Crippen LogP contribution < -0.4 is 5.32 Å². The Morgan fingerprint density at radius 3 is 2.62 bits per heavy atom. The minimum atomic E-state index is -0.585. The van der Waals surface area contributed by atoms with Crippen LogP contribution in [0.3, 0.4) is 0 Å². The molecule has 0 unspecified atom stereocenters. The number of alkyl carbamates (subject to hydrolysis) is 1. The predicted molar refractivity (Wildman–Crippen MR) is 81.0 cm³/mol. The third kappa shape index (κ3) is 4.77. The fraction of sp³-hybridized carbons (Fsp3) is 0.188. The predicted octanol–water partition coefficient (Wildman–Crippen LogP) is 3.30. The van der Waals surface area contributed by atoms with Crippen molar-refractivity contribution in [2.45, 2.75) is 12.6 Å². The van der Waals surface area contributed by atoms with E-state index in [0.29, 0.717) is 5.02 Å². The number of carbonyl (C=O) groups excluding carboxylic acids is 1. The molecule has 0 aliphatic rings. The monoisotopic (exact) mass is 305 g/mol. The van der Waals surface area contributed by atoms with E-state index in [1.165, 1.54) is 0 Å². The van der Waals surface area contributed by atoms with Gasteiger partial charge < -0.3 is 15.2 Å². The van der Waals surface area contributed by atoms with Crippen LogP contribution in [0.15, 0.2) is 54.6 Å². The van der Waals surface area contributed by atoms with Crippen LogP contribution >= 0.6 is 11.6 Å². The largest absolute Gasteiger partial charge is 0.445 e. The van der Waals surface area contributed by atoms with Crippen molar-refractivity contribution in [3.63, 3.8) is 0 Å². The fourth-order valence-electron chi connectivity index (χ4n) is 1.86. The second kappa shape index (κ2) is 7.67. The van der Waals surface area contributed by atoms with E-state index in [1.807, 2.05) is 30.3 Å². The third-order valence-electron chi connectivity index (χ3n) is 2.94. The van der Waals surface area contributed by atoms with Gasteiger partial charge in [0, 0.05) is 5.02 Å². The highest BCUT2D eigenvalue weighted by Crippen LogP contribution is 2.17. The molecule has 0 aliphatic heterocycles. The minimum Gasteiger partial charge on any atom is -0.445 e. The Kier molecular flexibility index (Phi) is 5.60. The van der Waals surface area contributed by atoms with Crippen LogP contribution in [-0.4, -0.2) is 17.8 Å². The number of benzene rings is 2. The highest BCUT2D eigenvalue weighted by atomic mass is 35.5. The highest BCUT2D eigenvalue weighted by molar-refractivity contribution is 6.30. The zero-order valence-corrected chi connectivity index (χ0v) is 12.1. The molecule has 2 N–H and O–H groups in total. The summed E-state index contributed by atoms with van der Waals surface area (Å²) >= 11 is 5.90. The fourth-order valence-corrected chi connectivity index (χ4v) is 2.06. The van der Waals surface area contributed by atoms with E-state index < -0.39 is 12.1 Å². The van der Waals surface area contributed by atoms with Crippen LogP contribution in [0, 0.1) is 0 Å². The van der Waals surface area contributed by atoms with Gasteiger partial charge in [0.1, 0.15) is 6.61 Å². The molecule has 0 saturated carbocycles. The summed E-state index contributed by atoms with van der Waals surface area (Å²) < 4.78 is 5.12. The Labute approximate surface area is 128 Å². The first kappa shape index (κ1) is 15.4. The average Bonchev–Trinajstić information content (AvgIpc) is 2.51. The van der Waals surface area contributed by atoms with E-state index in [0.717, 1.165) is 11.1 Å². The number of hydrogen-bond acceptors (Lipinski definition) is 3. The lowest BCUT2D eigenvalue weighted by Gasteiger charge is -2.17. The molecule has 0 radical (unpaired) electrons. The van der Waals surface area contributed by atoms with Gasteiger partial charge in [-0.2, -0.15) is 0 Å². The average molecular weight is 306 g/mol. The molecule has 0 heterocycles. The van der Waals surface area contributed by atoms with Gasteiger partial charge >= 0.3 is 6.09 Å². The van der Waals surface area contributed by atoms with Gasteiger partial charge in [-0.05, 0) is 23.3 Å². The zero-order valence-electron chi connectivity index (χ0n) is 11.3. The normalized spacial score (nSPS) is 11.7. The molecule has 110 valence electrons. The Morgan fingerprint density at radius 2 is 1.95 bits per heavy atom. The summed E-state index contributed by atoms with van der Waals surface area (Å²) in [7, 11) is 0. The number of ether oxygens (including phenoxy) is 1. The van der Waals surface area contributed by atoms with Crippen LogP contribution in [0.1, 0.15) is 17.2 Å². The van der Waals surface area contributed by atoms with Crippen LogP contribution in [0.5, 0.6) is 0 Å². The molecule has 0 aromatic heterocycles. The van der Waals surface area contributed by atoms with Crippen LogP contribution in [0.25, 0.3) is 0 Å². The molecular formula is C16H16ClNO3. The van der Waals surface area contributed by atoms with E-state index in [4.69, 9.17) is 16.3 Å². The quantitative estimate of drug-likeness (QED) is 0.891. The third-order valence-corrected chi connectivity index (χ3v) is 3.17. The Morgan fingerprint density at radius 1 is 1.19 bits per heavy atom.